The molecule has 1 aromatic carbocycles. The number of aromatic hydroxyl groups is 1. The van der Waals surface area contributed by atoms with Gasteiger partial charge in [0.2, 0.25) is 11.7 Å². The van der Waals surface area contributed by atoms with Gasteiger partial charge in [0, 0.05) is 31.0 Å². The molecule has 2 fully saturated rings. The van der Waals surface area contributed by atoms with Crippen molar-refractivity contribution in [2.45, 2.75) is 37.3 Å². The quantitative estimate of drug-likeness (QED) is 0.303. The maximum absolute atomic E-state index is 13.9. The van der Waals surface area contributed by atoms with Crippen LogP contribution in [0.2, 0.25) is 0 Å². The average Bonchev–Trinajstić information content (AvgIpc) is 2.90. The fourth-order valence-corrected chi connectivity index (χ4v) is 6.75. The normalized spacial score (nSPS) is 28.4. The summed E-state index contributed by atoms with van der Waals surface area (Å²) in [4.78, 5) is 55.1. The van der Waals surface area contributed by atoms with Crippen molar-refractivity contribution >= 4 is 29.1 Å². The van der Waals surface area contributed by atoms with Gasteiger partial charge in [0.05, 0.1) is 24.8 Å². The van der Waals surface area contributed by atoms with Crippen molar-refractivity contribution in [3.63, 3.8) is 0 Å². The highest BCUT2D eigenvalue weighted by Crippen LogP contribution is 2.53. The maximum atomic E-state index is 13.9. The smallest absolute Gasteiger partial charge is 0.255 e. The number of fused-ring (bicyclic) bond motifs is 3. The Balaban J connectivity index is 1.56. The third-order valence-corrected chi connectivity index (χ3v) is 8.67. The number of morpholine rings is 1. The number of aryl methyl sites for hydroxylation is 1. The van der Waals surface area contributed by atoms with Gasteiger partial charge in [-0.05, 0) is 56.5 Å². The number of likely N-dealkylation sites (N-methyl/N-ethyl adjacent to an activating group) is 1. The van der Waals surface area contributed by atoms with Gasteiger partial charge in [0.1, 0.15) is 22.8 Å². The molecule has 12 heteroatoms. The average molecular weight is 556 g/mol. The van der Waals surface area contributed by atoms with Crippen LogP contribution in [-0.2, 0) is 36.8 Å². The van der Waals surface area contributed by atoms with Crippen LogP contribution in [0.5, 0.6) is 5.75 Å². The number of aliphatic hydroxyl groups is 3. The molecule has 1 heterocycles. The topological polar surface area (TPSA) is 191 Å². The zero-order valence-electron chi connectivity index (χ0n) is 22.3. The van der Waals surface area contributed by atoms with E-state index >= 15 is 0 Å². The molecule has 1 unspecified atom stereocenters. The van der Waals surface area contributed by atoms with Crippen molar-refractivity contribution < 1.29 is 44.3 Å². The van der Waals surface area contributed by atoms with Crippen LogP contribution < -0.4 is 5.73 Å². The summed E-state index contributed by atoms with van der Waals surface area (Å²) in [6.07, 6.45) is 0.726. The van der Waals surface area contributed by atoms with Crippen LogP contribution in [0, 0.1) is 11.8 Å². The number of hydrogen-bond acceptors (Lipinski definition) is 10. The molecule has 4 aliphatic rings. The number of Topliss-reactive ketones (excluding diaryl/α,β-unsaturated/α-hetero) is 2. The molecule has 1 saturated heterocycles. The van der Waals surface area contributed by atoms with Crippen molar-refractivity contribution in [3.8, 4) is 5.75 Å². The van der Waals surface area contributed by atoms with Gasteiger partial charge in [0.25, 0.3) is 5.91 Å². The highest BCUT2D eigenvalue weighted by atomic mass is 16.5. The number of carbonyl (C=O) groups is 4. The standard InChI is InChI=1S/C28H33N3O9/c1-30(2)22-16-12-14-11-15-13(4-6-18(33)31-7-9-40-10-8-31)3-5-17(32)20(15)23(34)19(14)25(36)28(16,39)26(37)21(24(22)35)27(29)38/h3,5,14,16,22,32,34,37,39H,4,6-12H2,1-2H3,(H2,29,38)/t14-,16+,22?,28+/m0/s1. The molecule has 1 aliphatic heterocycles. The summed E-state index contributed by atoms with van der Waals surface area (Å²) >= 11 is 0. The van der Waals surface area contributed by atoms with E-state index in [1.54, 1.807) is 25.1 Å². The number of primary amides is 1. The molecule has 12 nitrogen and oxygen atoms in total. The zero-order chi connectivity index (χ0) is 29.1. The van der Waals surface area contributed by atoms with Crippen LogP contribution in [0.4, 0.5) is 0 Å². The first-order chi connectivity index (χ1) is 18.9. The van der Waals surface area contributed by atoms with Crippen molar-refractivity contribution in [2.75, 3.05) is 40.4 Å². The minimum absolute atomic E-state index is 0.00751. The SMILES string of the molecule is CN(C)C1C(=O)C(C(N)=O)=C(O)[C@]2(O)C(=O)C3=C(O)c4c(O)ccc(CCC(=O)N5CCOCC5)c4C[C@H]3C[C@H]12. The van der Waals surface area contributed by atoms with Crippen LogP contribution >= 0.6 is 0 Å². The Labute approximate surface area is 230 Å². The van der Waals surface area contributed by atoms with E-state index in [4.69, 9.17) is 10.5 Å². The Morgan fingerprint density at radius 1 is 1.15 bits per heavy atom. The third-order valence-electron chi connectivity index (χ3n) is 8.67. The molecule has 6 N–H and O–H groups in total. The number of benzene rings is 1. The predicted molar refractivity (Wildman–Crippen MR) is 140 cm³/mol. The van der Waals surface area contributed by atoms with E-state index in [9.17, 15) is 39.6 Å². The van der Waals surface area contributed by atoms with Gasteiger partial charge in [-0.1, -0.05) is 6.07 Å². The van der Waals surface area contributed by atoms with Gasteiger partial charge in [-0.15, -0.1) is 0 Å². The number of aliphatic hydroxyl groups excluding tert-OH is 2. The van der Waals surface area contributed by atoms with E-state index in [-0.39, 0.29) is 42.1 Å². The Morgan fingerprint density at radius 3 is 2.45 bits per heavy atom. The summed E-state index contributed by atoms with van der Waals surface area (Å²) in [7, 11) is 3.10. The first kappa shape index (κ1) is 27.8. The molecule has 0 aromatic heterocycles. The van der Waals surface area contributed by atoms with Crippen molar-refractivity contribution in [2.24, 2.45) is 17.6 Å². The van der Waals surface area contributed by atoms with E-state index in [2.05, 4.69) is 0 Å². The molecule has 3 aliphatic carbocycles. The molecule has 0 bridgehead atoms. The van der Waals surface area contributed by atoms with E-state index < -0.39 is 58.0 Å². The number of ether oxygens (including phenoxy) is 1. The van der Waals surface area contributed by atoms with Crippen molar-refractivity contribution in [1.29, 1.82) is 0 Å². The summed E-state index contributed by atoms with van der Waals surface area (Å²) in [5.74, 6) is -6.94. The number of amides is 2. The molecular weight excluding hydrogens is 522 g/mol. The number of hydrogen-bond donors (Lipinski definition) is 5. The number of nitrogens with zero attached hydrogens (tertiary/aromatic N) is 2. The molecule has 1 aromatic rings. The van der Waals surface area contributed by atoms with E-state index in [0.717, 1.165) is 5.56 Å². The Morgan fingerprint density at radius 2 is 1.82 bits per heavy atom. The van der Waals surface area contributed by atoms with E-state index in [0.29, 0.717) is 38.3 Å². The van der Waals surface area contributed by atoms with E-state index in [1.807, 2.05) is 0 Å². The van der Waals surface area contributed by atoms with Crippen LogP contribution in [0.25, 0.3) is 5.76 Å². The molecule has 0 spiro atoms. The van der Waals surface area contributed by atoms with Crippen molar-refractivity contribution in [1.82, 2.24) is 9.80 Å². The maximum Gasteiger partial charge on any atom is 0.255 e. The monoisotopic (exact) mass is 555 g/mol. The van der Waals surface area contributed by atoms with Crippen molar-refractivity contribution in [3.05, 3.63) is 45.7 Å². The fourth-order valence-electron chi connectivity index (χ4n) is 6.75. The number of ketones is 2. The lowest BCUT2D eigenvalue weighted by atomic mass is 9.57. The van der Waals surface area contributed by atoms with Crippen LogP contribution in [0.3, 0.4) is 0 Å². The molecule has 0 radical (unpaired) electrons. The minimum atomic E-state index is -2.68. The second kappa shape index (κ2) is 10.0. The number of phenolic OH excluding ortho intramolecular Hbond substituents is 1. The van der Waals surface area contributed by atoms with Gasteiger partial charge < -0.3 is 35.8 Å². The highest BCUT2D eigenvalue weighted by molar-refractivity contribution is 6.24. The zero-order valence-corrected chi connectivity index (χ0v) is 22.3. The third kappa shape index (κ3) is 4.09. The first-order valence-electron chi connectivity index (χ1n) is 13.2. The lowest BCUT2D eigenvalue weighted by molar-refractivity contribution is -0.153. The Hall–Kier alpha value is -3.74. The van der Waals surface area contributed by atoms with Gasteiger partial charge in [-0.25, -0.2) is 0 Å². The number of carbonyl (C=O) groups excluding carboxylic acids is 4. The molecule has 5 rings (SSSR count). The summed E-state index contributed by atoms with van der Waals surface area (Å²) in [6, 6.07) is 1.91. The molecular formula is C28H33N3O9. The molecule has 214 valence electrons. The predicted octanol–water partition coefficient (Wildman–Crippen LogP) is -0.245. The summed E-state index contributed by atoms with van der Waals surface area (Å²) in [5, 5.41) is 44.6. The van der Waals surface area contributed by atoms with Crippen LogP contribution in [0.1, 0.15) is 29.5 Å². The van der Waals surface area contributed by atoms with Gasteiger partial charge in [0.15, 0.2) is 11.4 Å². The molecule has 2 amide bonds. The van der Waals surface area contributed by atoms with Crippen LogP contribution in [-0.4, -0.2) is 106 Å². The second-order valence-electron chi connectivity index (χ2n) is 11.1. The van der Waals surface area contributed by atoms with Gasteiger partial charge >= 0.3 is 0 Å². The number of phenols is 1. The molecule has 40 heavy (non-hydrogen) atoms. The minimum Gasteiger partial charge on any atom is -0.508 e. The van der Waals surface area contributed by atoms with Gasteiger partial charge in [-0.3, -0.25) is 24.1 Å². The molecule has 1 saturated carbocycles. The molecule has 4 atom stereocenters. The van der Waals surface area contributed by atoms with Crippen LogP contribution in [0.15, 0.2) is 29.0 Å². The summed E-state index contributed by atoms with van der Waals surface area (Å²) < 4.78 is 5.30. The highest BCUT2D eigenvalue weighted by Gasteiger charge is 2.64. The van der Waals surface area contributed by atoms with E-state index in [1.165, 1.54) is 11.0 Å². The Bertz CT molecular complexity index is 1370. The fraction of sp³-hybridized carbons (Fsp3) is 0.500. The Kier molecular flexibility index (Phi) is 6.97. The number of nitrogens with two attached hydrogens (primary N) is 1. The second-order valence-corrected chi connectivity index (χ2v) is 11.1. The first-order valence-corrected chi connectivity index (χ1v) is 13.2. The number of rotatable bonds is 5. The summed E-state index contributed by atoms with van der Waals surface area (Å²) in [5.41, 5.74) is 2.92. The van der Waals surface area contributed by atoms with Gasteiger partial charge in [-0.2, -0.15) is 0 Å². The lowest BCUT2D eigenvalue weighted by Crippen LogP contribution is -2.65. The largest absolute Gasteiger partial charge is 0.508 e. The lowest BCUT2D eigenvalue weighted by Gasteiger charge is -2.50. The summed E-state index contributed by atoms with van der Waals surface area (Å²) in [6.45, 7) is 1.98.